The van der Waals surface area contributed by atoms with Crippen molar-refractivity contribution in [3.8, 4) is 0 Å². The van der Waals surface area contributed by atoms with Crippen LogP contribution in [0.15, 0.2) is 0 Å². The highest BCUT2D eigenvalue weighted by molar-refractivity contribution is 4.77. The van der Waals surface area contributed by atoms with E-state index in [1.807, 2.05) is 0 Å². The third kappa shape index (κ3) is 3.44. The maximum absolute atomic E-state index is 5.40. The Kier molecular flexibility index (Phi) is 4.42. The predicted octanol–water partition coefficient (Wildman–Crippen LogP) is 1.10. The number of hydrogen-bond acceptors (Lipinski definition) is 3. The van der Waals surface area contributed by atoms with Crippen LogP contribution in [0.2, 0.25) is 0 Å². The first-order valence-electron chi connectivity index (χ1n) is 6.35. The molecular formula is C12H24N2O. The van der Waals surface area contributed by atoms with Gasteiger partial charge in [0.1, 0.15) is 0 Å². The van der Waals surface area contributed by atoms with Gasteiger partial charge in [0.2, 0.25) is 0 Å². The van der Waals surface area contributed by atoms with E-state index in [1.54, 1.807) is 0 Å². The summed E-state index contributed by atoms with van der Waals surface area (Å²) in [4.78, 5) is 2.56. The van der Waals surface area contributed by atoms with Crippen molar-refractivity contribution in [2.75, 3.05) is 39.9 Å². The minimum atomic E-state index is 0.765. The highest BCUT2D eigenvalue weighted by Crippen LogP contribution is 2.17. The Bertz CT molecular complexity index is 174. The van der Waals surface area contributed by atoms with E-state index in [0.717, 1.165) is 25.2 Å². The summed E-state index contributed by atoms with van der Waals surface area (Å²) in [5, 5.41) is 3.49. The number of nitrogens with zero attached hydrogens (tertiary/aromatic N) is 1. The topological polar surface area (TPSA) is 24.5 Å². The van der Waals surface area contributed by atoms with Gasteiger partial charge in [0.25, 0.3) is 0 Å². The van der Waals surface area contributed by atoms with E-state index in [9.17, 15) is 0 Å². The molecule has 1 atom stereocenters. The minimum absolute atomic E-state index is 0.765. The normalized spacial score (nSPS) is 29.6. The highest BCUT2D eigenvalue weighted by Gasteiger charge is 2.22. The summed E-state index contributed by atoms with van der Waals surface area (Å²) >= 11 is 0. The molecule has 0 aromatic carbocycles. The van der Waals surface area contributed by atoms with Crippen molar-refractivity contribution in [1.82, 2.24) is 10.2 Å². The van der Waals surface area contributed by atoms with E-state index in [-0.39, 0.29) is 0 Å². The largest absolute Gasteiger partial charge is 0.381 e. The Morgan fingerprint density at radius 3 is 2.73 bits per heavy atom. The van der Waals surface area contributed by atoms with Crippen molar-refractivity contribution in [3.63, 3.8) is 0 Å². The lowest BCUT2D eigenvalue weighted by Crippen LogP contribution is -2.43. The van der Waals surface area contributed by atoms with Crippen LogP contribution in [0.1, 0.15) is 25.7 Å². The Morgan fingerprint density at radius 1 is 1.27 bits per heavy atom. The second-order valence-electron chi connectivity index (χ2n) is 5.00. The van der Waals surface area contributed by atoms with Crippen LogP contribution < -0.4 is 5.32 Å². The molecule has 0 aliphatic carbocycles. The van der Waals surface area contributed by atoms with Gasteiger partial charge in [-0.1, -0.05) is 0 Å². The summed E-state index contributed by atoms with van der Waals surface area (Å²) in [6.45, 7) is 5.61. The van der Waals surface area contributed by atoms with Gasteiger partial charge in [-0.3, -0.25) is 0 Å². The molecule has 0 spiro atoms. The maximum atomic E-state index is 5.40. The summed E-state index contributed by atoms with van der Waals surface area (Å²) in [7, 11) is 2.28. The van der Waals surface area contributed by atoms with Gasteiger partial charge in [-0.15, -0.1) is 0 Å². The molecule has 2 aliphatic rings. The third-order valence-corrected chi connectivity index (χ3v) is 3.76. The van der Waals surface area contributed by atoms with E-state index in [0.29, 0.717) is 0 Å². The zero-order valence-corrected chi connectivity index (χ0v) is 9.87. The van der Waals surface area contributed by atoms with Crippen LogP contribution in [0.5, 0.6) is 0 Å². The summed E-state index contributed by atoms with van der Waals surface area (Å²) in [5.74, 6) is 0.867. The zero-order chi connectivity index (χ0) is 10.5. The van der Waals surface area contributed by atoms with Crippen LogP contribution in [0.25, 0.3) is 0 Å². The number of hydrogen-bond donors (Lipinski definition) is 1. The van der Waals surface area contributed by atoms with Gasteiger partial charge in [-0.25, -0.2) is 0 Å². The van der Waals surface area contributed by atoms with Crippen LogP contribution in [0.4, 0.5) is 0 Å². The molecular weight excluding hydrogens is 188 g/mol. The third-order valence-electron chi connectivity index (χ3n) is 3.76. The molecule has 3 nitrogen and oxygen atoms in total. The Labute approximate surface area is 93.2 Å². The standard InChI is InChI=1S/C12H24N2O/c1-14(12-4-7-15-8-5-12)10-11-3-2-6-13-9-11/h11-13H,2-10H2,1H3. The van der Waals surface area contributed by atoms with E-state index in [2.05, 4.69) is 17.3 Å². The molecule has 15 heavy (non-hydrogen) atoms. The minimum Gasteiger partial charge on any atom is -0.381 e. The molecule has 1 N–H and O–H groups in total. The molecule has 2 rings (SSSR count). The average Bonchev–Trinajstić information content (AvgIpc) is 2.31. The molecule has 2 fully saturated rings. The van der Waals surface area contributed by atoms with Crippen LogP contribution in [-0.4, -0.2) is 50.8 Å². The fourth-order valence-electron chi connectivity index (χ4n) is 2.76. The molecule has 0 aromatic rings. The second kappa shape index (κ2) is 5.83. The quantitative estimate of drug-likeness (QED) is 0.758. The molecule has 2 aliphatic heterocycles. The van der Waals surface area contributed by atoms with Crippen LogP contribution in [0.3, 0.4) is 0 Å². The molecule has 0 amide bonds. The summed E-state index contributed by atoms with van der Waals surface area (Å²) in [6.07, 6.45) is 5.19. The van der Waals surface area contributed by atoms with Gasteiger partial charge >= 0.3 is 0 Å². The van der Waals surface area contributed by atoms with Crippen molar-refractivity contribution in [3.05, 3.63) is 0 Å². The van der Waals surface area contributed by atoms with Crippen LogP contribution >= 0.6 is 0 Å². The smallest absolute Gasteiger partial charge is 0.0480 e. The van der Waals surface area contributed by atoms with Gasteiger partial charge < -0.3 is 15.0 Å². The van der Waals surface area contributed by atoms with Gasteiger partial charge in [-0.05, 0) is 51.7 Å². The monoisotopic (exact) mass is 212 g/mol. The molecule has 88 valence electrons. The molecule has 0 saturated carbocycles. The van der Waals surface area contributed by atoms with Crippen LogP contribution in [0, 0.1) is 5.92 Å². The maximum Gasteiger partial charge on any atom is 0.0480 e. The van der Waals surface area contributed by atoms with Gasteiger partial charge in [0.15, 0.2) is 0 Å². The van der Waals surface area contributed by atoms with E-state index in [1.165, 1.54) is 45.3 Å². The molecule has 2 saturated heterocycles. The number of ether oxygens (including phenoxy) is 1. The summed E-state index contributed by atoms with van der Waals surface area (Å²) in [6, 6.07) is 0.765. The fraction of sp³-hybridized carbons (Fsp3) is 1.00. The van der Waals surface area contributed by atoms with Crippen molar-refractivity contribution in [1.29, 1.82) is 0 Å². The first-order valence-corrected chi connectivity index (χ1v) is 6.35. The molecule has 1 unspecified atom stereocenters. The highest BCUT2D eigenvalue weighted by atomic mass is 16.5. The van der Waals surface area contributed by atoms with Crippen molar-refractivity contribution < 1.29 is 4.74 Å². The summed E-state index contributed by atoms with van der Waals surface area (Å²) in [5.41, 5.74) is 0. The predicted molar refractivity (Wildman–Crippen MR) is 62.1 cm³/mol. The second-order valence-corrected chi connectivity index (χ2v) is 5.00. The molecule has 0 bridgehead atoms. The fourth-order valence-corrected chi connectivity index (χ4v) is 2.76. The van der Waals surface area contributed by atoms with E-state index < -0.39 is 0 Å². The number of piperidine rings is 1. The summed E-state index contributed by atoms with van der Waals surface area (Å²) < 4.78 is 5.40. The molecule has 3 heteroatoms. The lowest BCUT2D eigenvalue weighted by Gasteiger charge is -2.35. The molecule has 0 aromatic heterocycles. The van der Waals surface area contributed by atoms with Gasteiger partial charge in [0, 0.05) is 25.8 Å². The van der Waals surface area contributed by atoms with Crippen molar-refractivity contribution in [2.45, 2.75) is 31.7 Å². The number of nitrogens with one attached hydrogen (secondary N) is 1. The van der Waals surface area contributed by atoms with E-state index >= 15 is 0 Å². The van der Waals surface area contributed by atoms with E-state index in [4.69, 9.17) is 4.74 Å². The van der Waals surface area contributed by atoms with Gasteiger partial charge in [-0.2, -0.15) is 0 Å². The Balaban J connectivity index is 1.72. The van der Waals surface area contributed by atoms with Crippen molar-refractivity contribution >= 4 is 0 Å². The first kappa shape index (κ1) is 11.4. The Morgan fingerprint density at radius 2 is 2.07 bits per heavy atom. The Hall–Kier alpha value is -0.120. The van der Waals surface area contributed by atoms with Crippen LogP contribution in [-0.2, 0) is 4.74 Å². The molecule has 0 radical (unpaired) electrons. The molecule has 2 heterocycles. The lowest BCUT2D eigenvalue weighted by atomic mass is 9.97. The SMILES string of the molecule is CN(CC1CCCNC1)C1CCOCC1. The number of rotatable bonds is 3. The average molecular weight is 212 g/mol. The van der Waals surface area contributed by atoms with Crippen molar-refractivity contribution in [2.24, 2.45) is 5.92 Å². The zero-order valence-electron chi connectivity index (χ0n) is 9.87. The van der Waals surface area contributed by atoms with Gasteiger partial charge in [0.05, 0.1) is 0 Å². The first-order chi connectivity index (χ1) is 7.36. The lowest BCUT2D eigenvalue weighted by molar-refractivity contribution is 0.0370.